The van der Waals surface area contributed by atoms with E-state index in [4.69, 9.17) is 0 Å². The monoisotopic (exact) mass is 216 g/mol. The topological polar surface area (TPSA) is 6.48 Å². The van der Waals surface area contributed by atoms with Crippen LogP contribution in [0.15, 0.2) is 0 Å². The molecule has 3 heteroatoms. The van der Waals surface area contributed by atoms with Crippen molar-refractivity contribution in [1.82, 2.24) is 9.80 Å². The Morgan fingerprint density at radius 3 is 2.50 bits per heavy atom. The summed E-state index contributed by atoms with van der Waals surface area (Å²) in [6.45, 7) is 3.78. The molecule has 1 saturated heterocycles. The largest absolute Gasteiger partial charge is 0.306 e. The number of likely N-dealkylation sites (tertiary alicyclic amines) is 1. The van der Waals surface area contributed by atoms with Gasteiger partial charge in [-0.2, -0.15) is 12.6 Å². The van der Waals surface area contributed by atoms with Crippen LogP contribution in [0.5, 0.6) is 0 Å². The van der Waals surface area contributed by atoms with Crippen LogP contribution in [0.25, 0.3) is 0 Å². The first-order chi connectivity index (χ1) is 6.74. The zero-order chi connectivity index (χ0) is 10.4. The third-order valence-electron chi connectivity index (χ3n) is 3.23. The van der Waals surface area contributed by atoms with Crippen LogP contribution in [0.1, 0.15) is 25.7 Å². The average Bonchev–Trinajstić information content (AvgIpc) is 2.19. The molecule has 0 amide bonds. The van der Waals surface area contributed by atoms with Gasteiger partial charge < -0.3 is 9.80 Å². The first-order valence-corrected chi connectivity index (χ1v) is 6.37. The van der Waals surface area contributed by atoms with E-state index in [1.54, 1.807) is 0 Å². The van der Waals surface area contributed by atoms with Gasteiger partial charge in [-0.3, -0.25) is 0 Å². The number of nitrogens with zero attached hydrogens (tertiary/aromatic N) is 2. The Balaban J connectivity index is 2.13. The summed E-state index contributed by atoms with van der Waals surface area (Å²) in [5, 5.41) is 0. The van der Waals surface area contributed by atoms with E-state index in [9.17, 15) is 0 Å². The predicted molar refractivity (Wildman–Crippen MR) is 66.2 cm³/mol. The van der Waals surface area contributed by atoms with Crippen molar-refractivity contribution in [2.45, 2.75) is 31.7 Å². The average molecular weight is 216 g/mol. The fourth-order valence-electron chi connectivity index (χ4n) is 2.09. The summed E-state index contributed by atoms with van der Waals surface area (Å²) in [4.78, 5) is 4.97. The molecule has 1 aliphatic rings. The summed E-state index contributed by atoms with van der Waals surface area (Å²) < 4.78 is 0. The van der Waals surface area contributed by atoms with Gasteiger partial charge in [0.1, 0.15) is 0 Å². The second kappa shape index (κ2) is 6.70. The number of piperidine rings is 1. The van der Waals surface area contributed by atoms with E-state index < -0.39 is 0 Å². The van der Waals surface area contributed by atoms with Crippen molar-refractivity contribution in [3.63, 3.8) is 0 Å². The first-order valence-electron chi connectivity index (χ1n) is 5.73. The lowest BCUT2D eigenvalue weighted by Gasteiger charge is -2.35. The molecule has 0 saturated carbocycles. The summed E-state index contributed by atoms with van der Waals surface area (Å²) in [5.41, 5.74) is 0. The number of rotatable bonds is 5. The van der Waals surface area contributed by atoms with Crippen LogP contribution in [0.4, 0.5) is 0 Å². The molecule has 0 atom stereocenters. The minimum absolute atomic E-state index is 0.825. The van der Waals surface area contributed by atoms with Crippen molar-refractivity contribution in [3.8, 4) is 0 Å². The van der Waals surface area contributed by atoms with Crippen molar-refractivity contribution < 1.29 is 0 Å². The maximum absolute atomic E-state index is 4.24. The second-order valence-corrected chi connectivity index (χ2v) is 4.89. The van der Waals surface area contributed by atoms with Crippen LogP contribution in [-0.2, 0) is 0 Å². The summed E-state index contributed by atoms with van der Waals surface area (Å²) in [7, 11) is 4.49. The lowest BCUT2D eigenvalue weighted by atomic mass is 10.0. The molecule has 0 bridgehead atoms. The zero-order valence-electron chi connectivity index (χ0n) is 9.58. The highest BCUT2D eigenvalue weighted by Crippen LogP contribution is 2.14. The van der Waals surface area contributed by atoms with E-state index in [1.165, 1.54) is 45.3 Å². The van der Waals surface area contributed by atoms with Gasteiger partial charge in [0.15, 0.2) is 0 Å². The molecule has 0 aromatic carbocycles. The molecule has 0 aromatic rings. The molecule has 1 heterocycles. The summed E-state index contributed by atoms with van der Waals surface area (Å²) in [6, 6.07) is 0.825. The summed E-state index contributed by atoms with van der Waals surface area (Å²) >= 11 is 4.24. The molecule has 0 unspecified atom stereocenters. The third-order valence-corrected chi connectivity index (χ3v) is 3.55. The van der Waals surface area contributed by atoms with Gasteiger partial charge in [-0.15, -0.1) is 0 Å². The van der Waals surface area contributed by atoms with Crippen molar-refractivity contribution in [3.05, 3.63) is 0 Å². The van der Waals surface area contributed by atoms with E-state index in [0.29, 0.717) is 0 Å². The molecular formula is C11H24N2S. The summed E-state index contributed by atoms with van der Waals surface area (Å²) in [5.74, 6) is 1.03. The highest BCUT2D eigenvalue weighted by molar-refractivity contribution is 7.80. The fourth-order valence-corrected chi connectivity index (χ4v) is 2.31. The molecule has 1 rings (SSSR count). The van der Waals surface area contributed by atoms with Gasteiger partial charge >= 0.3 is 0 Å². The van der Waals surface area contributed by atoms with Gasteiger partial charge in [0.25, 0.3) is 0 Å². The smallest absolute Gasteiger partial charge is 0.0117 e. The number of unbranched alkanes of at least 4 members (excludes halogenated alkanes) is 1. The predicted octanol–water partition coefficient (Wildman–Crippen LogP) is 1.72. The van der Waals surface area contributed by atoms with E-state index in [1.807, 2.05) is 0 Å². The van der Waals surface area contributed by atoms with Gasteiger partial charge in [-0.1, -0.05) is 0 Å². The van der Waals surface area contributed by atoms with Crippen LogP contribution in [0, 0.1) is 0 Å². The number of hydrogen-bond acceptors (Lipinski definition) is 3. The van der Waals surface area contributed by atoms with Gasteiger partial charge in [0.2, 0.25) is 0 Å². The molecule has 84 valence electrons. The molecule has 2 nitrogen and oxygen atoms in total. The van der Waals surface area contributed by atoms with Crippen LogP contribution in [0.2, 0.25) is 0 Å². The van der Waals surface area contributed by atoms with Crippen LogP contribution in [-0.4, -0.2) is 55.3 Å². The quantitative estimate of drug-likeness (QED) is 0.552. The Morgan fingerprint density at radius 2 is 1.93 bits per heavy atom. The fraction of sp³-hybridized carbons (Fsp3) is 1.00. The summed E-state index contributed by atoms with van der Waals surface area (Å²) in [6.07, 6.45) is 5.23. The first kappa shape index (κ1) is 12.3. The van der Waals surface area contributed by atoms with Crippen LogP contribution in [0.3, 0.4) is 0 Å². The van der Waals surface area contributed by atoms with Gasteiger partial charge in [0.05, 0.1) is 0 Å². The van der Waals surface area contributed by atoms with Crippen molar-refractivity contribution in [2.24, 2.45) is 0 Å². The lowest BCUT2D eigenvalue weighted by Crippen LogP contribution is -2.42. The maximum atomic E-state index is 4.24. The Morgan fingerprint density at radius 1 is 1.29 bits per heavy atom. The Hall–Kier alpha value is 0.270. The van der Waals surface area contributed by atoms with E-state index >= 15 is 0 Å². The molecule has 0 N–H and O–H groups in total. The zero-order valence-corrected chi connectivity index (χ0v) is 10.5. The van der Waals surface area contributed by atoms with E-state index in [2.05, 4.69) is 36.5 Å². The highest BCUT2D eigenvalue weighted by Gasteiger charge is 2.19. The third kappa shape index (κ3) is 4.20. The van der Waals surface area contributed by atoms with E-state index in [-0.39, 0.29) is 0 Å². The standard InChI is InChI=1S/C11H24N2S/c1-12-8-5-11(6-9-12)13(2)7-3-4-10-14/h11,14H,3-10H2,1-2H3. The normalized spacial score (nSPS) is 20.6. The SMILES string of the molecule is CN1CCC(N(C)CCCCS)CC1. The van der Waals surface area contributed by atoms with Crippen molar-refractivity contribution >= 4 is 12.6 Å². The van der Waals surface area contributed by atoms with Crippen LogP contribution >= 0.6 is 12.6 Å². The van der Waals surface area contributed by atoms with Crippen LogP contribution < -0.4 is 0 Å². The minimum atomic E-state index is 0.825. The molecular weight excluding hydrogens is 192 g/mol. The van der Waals surface area contributed by atoms with E-state index in [0.717, 1.165) is 11.8 Å². The molecule has 0 aliphatic carbocycles. The molecule has 14 heavy (non-hydrogen) atoms. The van der Waals surface area contributed by atoms with Gasteiger partial charge in [0, 0.05) is 6.04 Å². The van der Waals surface area contributed by atoms with Gasteiger partial charge in [-0.25, -0.2) is 0 Å². The Labute approximate surface area is 94.1 Å². The molecule has 0 aromatic heterocycles. The molecule has 1 aliphatic heterocycles. The highest BCUT2D eigenvalue weighted by atomic mass is 32.1. The number of hydrogen-bond donors (Lipinski definition) is 1. The van der Waals surface area contributed by atoms with Crippen molar-refractivity contribution in [2.75, 3.05) is 39.5 Å². The lowest BCUT2D eigenvalue weighted by molar-refractivity contribution is 0.143. The second-order valence-electron chi connectivity index (χ2n) is 4.45. The molecule has 0 radical (unpaired) electrons. The molecule has 0 spiro atoms. The van der Waals surface area contributed by atoms with Gasteiger partial charge in [-0.05, 0) is 65.2 Å². The Bertz CT molecular complexity index is 144. The maximum Gasteiger partial charge on any atom is 0.0117 e. The minimum Gasteiger partial charge on any atom is -0.306 e. The number of thiol groups is 1. The Kier molecular flexibility index (Phi) is 5.90. The van der Waals surface area contributed by atoms with Crippen molar-refractivity contribution in [1.29, 1.82) is 0 Å². The molecule has 1 fully saturated rings.